The van der Waals surface area contributed by atoms with E-state index in [-0.39, 0.29) is 23.3 Å². The Morgan fingerprint density at radius 2 is 1.52 bits per heavy atom. The number of hydrogen-bond donors (Lipinski definition) is 3. The van der Waals surface area contributed by atoms with Crippen LogP contribution in [0.25, 0.3) is 0 Å². The van der Waals surface area contributed by atoms with Crippen LogP contribution in [0.4, 0.5) is 11.4 Å². The van der Waals surface area contributed by atoms with E-state index in [0.29, 0.717) is 23.7 Å². The minimum absolute atomic E-state index is 0.143. The molecule has 0 saturated carbocycles. The zero-order chi connectivity index (χ0) is 21.3. The van der Waals surface area contributed by atoms with Crippen LogP contribution in [0.1, 0.15) is 26.7 Å². The second kappa shape index (κ2) is 10.6. The van der Waals surface area contributed by atoms with Crippen LogP contribution < -0.4 is 20.1 Å². The van der Waals surface area contributed by atoms with Crippen LogP contribution in [0.15, 0.2) is 53.4 Å². The van der Waals surface area contributed by atoms with Gasteiger partial charge in [-0.05, 0) is 55.0 Å². The fourth-order valence-electron chi connectivity index (χ4n) is 2.37. The number of carbonyl (C=O) groups is 2. The van der Waals surface area contributed by atoms with Gasteiger partial charge in [0.1, 0.15) is 5.75 Å². The molecule has 0 aliphatic heterocycles. The van der Waals surface area contributed by atoms with E-state index in [1.807, 2.05) is 6.92 Å². The van der Waals surface area contributed by atoms with Crippen LogP contribution in [-0.4, -0.2) is 33.4 Å². The van der Waals surface area contributed by atoms with E-state index < -0.39 is 10.0 Å². The molecule has 0 saturated heterocycles. The number of ether oxygens (including phenoxy) is 1. The van der Waals surface area contributed by atoms with Crippen molar-refractivity contribution in [1.82, 2.24) is 4.72 Å². The number of amides is 2. The summed E-state index contributed by atoms with van der Waals surface area (Å²) in [5.74, 6) is -0.158. The molecule has 0 radical (unpaired) electrons. The van der Waals surface area contributed by atoms with Crippen molar-refractivity contribution in [3.63, 3.8) is 0 Å². The standard InChI is InChI=1S/C20H25N3O5S/c1-3-4-13-21-29(26,27)19-11-9-18(10-12-19)28-14-20(25)23-17-7-5-16(6-8-17)22-15(2)24/h5-12,21H,3-4,13-14H2,1-2H3,(H,22,24)(H,23,25). The number of carbonyl (C=O) groups excluding carboxylic acids is 2. The van der Waals surface area contributed by atoms with Gasteiger partial charge in [0.25, 0.3) is 5.91 Å². The molecule has 0 heterocycles. The maximum atomic E-state index is 12.1. The average molecular weight is 420 g/mol. The fraction of sp³-hybridized carbons (Fsp3) is 0.300. The predicted molar refractivity (Wildman–Crippen MR) is 111 cm³/mol. The average Bonchev–Trinajstić information content (AvgIpc) is 2.68. The topological polar surface area (TPSA) is 114 Å². The number of benzene rings is 2. The van der Waals surface area contributed by atoms with Crippen molar-refractivity contribution >= 4 is 33.2 Å². The summed E-state index contributed by atoms with van der Waals surface area (Å²) in [5.41, 5.74) is 1.19. The van der Waals surface area contributed by atoms with Crippen molar-refractivity contribution in [2.45, 2.75) is 31.6 Å². The molecule has 2 aromatic carbocycles. The van der Waals surface area contributed by atoms with Gasteiger partial charge in [0, 0.05) is 24.8 Å². The maximum Gasteiger partial charge on any atom is 0.262 e. The number of sulfonamides is 1. The third kappa shape index (κ3) is 7.55. The number of unbranched alkanes of at least 4 members (excludes halogenated alkanes) is 1. The Morgan fingerprint density at radius 3 is 2.07 bits per heavy atom. The van der Waals surface area contributed by atoms with Crippen molar-refractivity contribution in [3.8, 4) is 5.75 Å². The first-order chi connectivity index (χ1) is 13.8. The van der Waals surface area contributed by atoms with Gasteiger partial charge in [-0.2, -0.15) is 0 Å². The number of hydrogen-bond acceptors (Lipinski definition) is 5. The lowest BCUT2D eigenvalue weighted by Gasteiger charge is -2.10. The third-order valence-electron chi connectivity index (χ3n) is 3.82. The number of nitrogens with one attached hydrogen (secondary N) is 3. The molecule has 0 aromatic heterocycles. The maximum absolute atomic E-state index is 12.1. The zero-order valence-corrected chi connectivity index (χ0v) is 17.2. The van der Waals surface area contributed by atoms with Crippen LogP contribution in [0.2, 0.25) is 0 Å². The summed E-state index contributed by atoms with van der Waals surface area (Å²) in [6, 6.07) is 12.5. The van der Waals surface area contributed by atoms with E-state index in [9.17, 15) is 18.0 Å². The molecule has 3 N–H and O–H groups in total. The summed E-state index contributed by atoms with van der Waals surface area (Å²) in [7, 11) is -3.54. The monoisotopic (exact) mass is 419 g/mol. The lowest BCUT2D eigenvalue weighted by Crippen LogP contribution is -2.24. The molecular formula is C20H25N3O5S. The van der Waals surface area contributed by atoms with Crippen LogP contribution in [0.3, 0.4) is 0 Å². The molecular weight excluding hydrogens is 394 g/mol. The van der Waals surface area contributed by atoms with Gasteiger partial charge in [0.05, 0.1) is 4.90 Å². The van der Waals surface area contributed by atoms with E-state index in [0.717, 1.165) is 12.8 Å². The smallest absolute Gasteiger partial charge is 0.262 e. The van der Waals surface area contributed by atoms with E-state index in [1.165, 1.54) is 31.2 Å². The Labute approximate surface area is 170 Å². The second-order valence-corrected chi connectivity index (χ2v) is 8.09. The highest BCUT2D eigenvalue weighted by Gasteiger charge is 2.13. The third-order valence-corrected chi connectivity index (χ3v) is 5.29. The summed E-state index contributed by atoms with van der Waals surface area (Å²) in [5, 5.41) is 5.31. The first-order valence-electron chi connectivity index (χ1n) is 9.20. The van der Waals surface area contributed by atoms with Crippen LogP contribution in [0, 0.1) is 0 Å². The van der Waals surface area contributed by atoms with Gasteiger partial charge in [-0.1, -0.05) is 13.3 Å². The van der Waals surface area contributed by atoms with Gasteiger partial charge in [-0.25, -0.2) is 13.1 Å². The summed E-state index contributed by atoms with van der Waals surface area (Å²) in [6.07, 6.45) is 1.67. The van der Waals surface area contributed by atoms with Crippen LogP contribution in [0.5, 0.6) is 5.75 Å². The van der Waals surface area contributed by atoms with Crippen molar-refractivity contribution < 1.29 is 22.7 Å². The second-order valence-electron chi connectivity index (χ2n) is 6.32. The number of anilines is 2. The molecule has 0 aliphatic rings. The van der Waals surface area contributed by atoms with Gasteiger partial charge in [0.2, 0.25) is 15.9 Å². The van der Waals surface area contributed by atoms with Crippen molar-refractivity contribution in [2.24, 2.45) is 0 Å². The molecule has 2 rings (SSSR count). The lowest BCUT2D eigenvalue weighted by molar-refractivity contribution is -0.118. The Hall–Kier alpha value is -2.91. The molecule has 0 unspecified atom stereocenters. The molecule has 0 bridgehead atoms. The van der Waals surface area contributed by atoms with Gasteiger partial charge < -0.3 is 15.4 Å². The molecule has 0 spiro atoms. The molecule has 156 valence electrons. The minimum Gasteiger partial charge on any atom is -0.484 e. The van der Waals surface area contributed by atoms with Gasteiger partial charge >= 0.3 is 0 Å². The Balaban J connectivity index is 1.84. The van der Waals surface area contributed by atoms with Gasteiger partial charge in [-0.3, -0.25) is 9.59 Å². The normalized spacial score (nSPS) is 11.0. The Morgan fingerprint density at radius 1 is 0.931 bits per heavy atom. The summed E-state index contributed by atoms with van der Waals surface area (Å²) in [6.45, 7) is 3.56. The van der Waals surface area contributed by atoms with E-state index in [4.69, 9.17) is 4.74 Å². The molecule has 8 nitrogen and oxygen atoms in total. The van der Waals surface area contributed by atoms with E-state index >= 15 is 0 Å². The summed E-state index contributed by atoms with van der Waals surface area (Å²) >= 11 is 0. The zero-order valence-electron chi connectivity index (χ0n) is 16.4. The SMILES string of the molecule is CCCCNS(=O)(=O)c1ccc(OCC(=O)Nc2ccc(NC(C)=O)cc2)cc1. The molecule has 0 aliphatic carbocycles. The van der Waals surface area contributed by atoms with Crippen molar-refractivity contribution in [2.75, 3.05) is 23.8 Å². The first kappa shape index (κ1) is 22.4. The molecule has 9 heteroatoms. The summed E-state index contributed by atoms with van der Waals surface area (Å²) in [4.78, 5) is 23.1. The number of rotatable bonds is 10. The largest absolute Gasteiger partial charge is 0.484 e. The molecule has 29 heavy (non-hydrogen) atoms. The van der Waals surface area contributed by atoms with Gasteiger partial charge in [0.15, 0.2) is 6.61 Å². The molecule has 2 amide bonds. The summed E-state index contributed by atoms with van der Waals surface area (Å²) < 4.78 is 32.2. The highest BCUT2D eigenvalue weighted by atomic mass is 32.2. The molecule has 2 aromatic rings. The van der Waals surface area contributed by atoms with Crippen molar-refractivity contribution in [3.05, 3.63) is 48.5 Å². The molecule has 0 fully saturated rings. The quantitative estimate of drug-likeness (QED) is 0.513. The van der Waals surface area contributed by atoms with Crippen LogP contribution >= 0.6 is 0 Å². The predicted octanol–water partition coefficient (Wildman–Crippen LogP) is 2.74. The van der Waals surface area contributed by atoms with Gasteiger partial charge in [-0.15, -0.1) is 0 Å². The van der Waals surface area contributed by atoms with E-state index in [1.54, 1.807) is 24.3 Å². The highest BCUT2D eigenvalue weighted by molar-refractivity contribution is 7.89. The van der Waals surface area contributed by atoms with Crippen LogP contribution in [-0.2, 0) is 19.6 Å². The first-order valence-corrected chi connectivity index (χ1v) is 10.7. The molecule has 0 atom stereocenters. The minimum atomic E-state index is -3.54. The lowest BCUT2D eigenvalue weighted by atomic mass is 10.2. The Bertz CT molecular complexity index is 926. The highest BCUT2D eigenvalue weighted by Crippen LogP contribution is 2.17. The van der Waals surface area contributed by atoms with E-state index in [2.05, 4.69) is 15.4 Å². The fourth-order valence-corrected chi connectivity index (χ4v) is 3.44. The van der Waals surface area contributed by atoms with Crippen molar-refractivity contribution in [1.29, 1.82) is 0 Å². The Kier molecular flexibility index (Phi) is 8.17.